The Labute approximate surface area is 683 Å². The number of hydrogen-bond donors (Lipinski definition) is 10. The second-order valence-electron chi connectivity index (χ2n) is 23.5. The third-order valence-corrected chi connectivity index (χ3v) is 20.0. The number of benzene rings is 6. The number of carboxylic acids is 5. The molecule has 113 heavy (non-hydrogen) atoms. The summed E-state index contributed by atoms with van der Waals surface area (Å²) < 4.78 is 9.50. The van der Waals surface area contributed by atoms with Gasteiger partial charge in [-0.3, -0.25) is 48.1 Å². The molecule has 0 saturated heterocycles. The van der Waals surface area contributed by atoms with E-state index in [1.165, 1.54) is 72.1 Å². The van der Waals surface area contributed by atoms with Crippen molar-refractivity contribution < 1.29 is 128 Å². The summed E-state index contributed by atoms with van der Waals surface area (Å²) in [5.74, 6) is -7.96. The van der Waals surface area contributed by atoms with E-state index in [9.17, 15) is 52.7 Å². The van der Waals surface area contributed by atoms with Gasteiger partial charge in [-0.05, 0) is 149 Å². The number of rotatable bonds is 37. The topological polar surface area (TPSA) is 480 Å². The number of aliphatic carboxylic acids is 5. The van der Waals surface area contributed by atoms with Gasteiger partial charge in [-0.2, -0.15) is 0 Å². The first-order valence-corrected chi connectivity index (χ1v) is 38.5. The van der Waals surface area contributed by atoms with Gasteiger partial charge in [-0.15, -0.1) is 6.54 Å². The molecule has 0 fully saturated rings. The predicted molar refractivity (Wildman–Crippen MR) is 425 cm³/mol. The Morgan fingerprint density at radius 1 is 0.425 bits per heavy atom. The molecule has 0 bridgehead atoms. The second-order valence-corrected chi connectivity index (χ2v) is 28.3. The molecule has 2 aromatic heterocycles. The Balaban J connectivity index is 0.000000704. The molecule has 2 radical (unpaired) electrons. The summed E-state index contributed by atoms with van der Waals surface area (Å²) in [5.41, 5.74) is 18.9. The van der Waals surface area contributed by atoms with Gasteiger partial charge >= 0.3 is 35.8 Å². The number of methoxy groups -OCH3 is 2. The van der Waals surface area contributed by atoms with Crippen LogP contribution in [0.4, 0.5) is 11.6 Å². The summed E-state index contributed by atoms with van der Waals surface area (Å²) in [7, 11) is 1.41. The van der Waals surface area contributed by atoms with Crippen molar-refractivity contribution in [2.75, 3.05) is 86.5 Å². The molecule has 6 aromatic carbocycles. The molecule has 2 heterocycles. The molecule has 0 aliphatic carbocycles. The minimum atomic E-state index is -1.26. The van der Waals surface area contributed by atoms with Crippen molar-refractivity contribution in [3.8, 4) is 0 Å². The van der Waals surface area contributed by atoms with Crippen molar-refractivity contribution in [1.82, 2.24) is 41.5 Å². The fraction of sp³-hybridized carbons (Fsp3) is 0.269. The molecule has 31 nitrogen and oxygen atoms in total. The van der Waals surface area contributed by atoms with Crippen LogP contribution in [-0.4, -0.2) is 204 Å². The van der Waals surface area contributed by atoms with Crippen LogP contribution >= 0.6 is 15.8 Å². The van der Waals surface area contributed by atoms with E-state index in [1.807, 2.05) is 12.1 Å². The summed E-state index contributed by atoms with van der Waals surface area (Å²) in [5, 5.41) is 69.9. The molecule has 10 N–H and O–H groups in total. The summed E-state index contributed by atoms with van der Waals surface area (Å²) in [4.78, 5) is 131. The number of carbonyl (C=O) groups excluding carboxylic acids is 6. The smallest absolute Gasteiger partial charge is 0.328 e. The number of nitrogens with one attached hydrogen (secondary N) is 5. The Kier molecular flexibility index (Phi) is 52.9. The van der Waals surface area contributed by atoms with E-state index in [-0.39, 0.29) is 87.9 Å². The maximum Gasteiger partial charge on any atom is 0.328 e. The van der Waals surface area contributed by atoms with Gasteiger partial charge in [-0.1, -0.05) is 109 Å². The molecule has 0 aliphatic heterocycles. The summed E-state index contributed by atoms with van der Waals surface area (Å²) in [6.45, 7) is 4.15. The van der Waals surface area contributed by atoms with Crippen molar-refractivity contribution in [1.29, 1.82) is 0 Å². The fourth-order valence-electron chi connectivity index (χ4n) is 9.51. The minimum Gasteiger partial charge on any atom is -0.705 e. The summed E-state index contributed by atoms with van der Waals surface area (Å²) in [6.07, 6.45) is 5.67. The van der Waals surface area contributed by atoms with E-state index < -0.39 is 101 Å². The third kappa shape index (κ3) is 44.0. The minimum absolute atomic E-state index is 0. The number of aromatic nitrogens is 2. The van der Waals surface area contributed by atoms with E-state index in [2.05, 4.69) is 187 Å². The summed E-state index contributed by atoms with van der Waals surface area (Å²) >= 11 is 0. The van der Waals surface area contributed by atoms with Crippen molar-refractivity contribution in [3.63, 3.8) is 0 Å². The normalized spacial score (nSPS) is 10.5. The number of carbonyl (C=O) groups is 11. The zero-order valence-electron chi connectivity index (χ0n) is 62.4. The molecule has 0 aliphatic rings. The van der Waals surface area contributed by atoms with Crippen molar-refractivity contribution in [2.45, 2.75) is 50.6 Å². The number of ether oxygens (including phenoxy) is 2. The van der Waals surface area contributed by atoms with Crippen molar-refractivity contribution >= 4 is 114 Å². The van der Waals surface area contributed by atoms with Crippen molar-refractivity contribution in [3.05, 3.63) is 257 Å². The fourth-order valence-corrected chi connectivity index (χ4v) is 13.0. The van der Waals surface area contributed by atoms with Crippen LogP contribution in [0.2, 0.25) is 0 Å². The number of esters is 2. The van der Waals surface area contributed by atoms with Crippen LogP contribution in [0.15, 0.2) is 229 Å². The van der Waals surface area contributed by atoms with E-state index >= 15 is 0 Å². The predicted octanol–water partition coefficient (Wildman–Crippen LogP) is 7.83. The van der Waals surface area contributed by atoms with Gasteiger partial charge in [0.2, 0.25) is 0 Å². The van der Waals surface area contributed by atoms with Crippen LogP contribution < -0.4 is 47.8 Å². The molecular formula is C78H92N13O18P2Tc2-. The van der Waals surface area contributed by atoms with Crippen LogP contribution in [0, 0.1) is 0 Å². The molecule has 2 unspecified atom stereocenters. The van der Waals surface area contributed by atoms with E-state index in [0.717, 1.165) is 4.90 Å². The van der Waals surface area contributed by atoms with Crippen molar-refractivity contribution in [2.24, 2.45) is 10.2 Å². The van der Waals surface area contributed by atoms with Crippen LogP contribution in [0.25, 0.3) is 16.4 Å². The quantitative estimate of drug-likeness (QED) is 0.00767. The Bertz CT molecular complexity index is 3790. The van der Waals surface area contributed by atoms with E-state index in [0.29, 0.717) is 75.8 Å². The molecule has 8 aromatic rings. The first-order chi connectivity index (χ1) is 53.4. The molecule has 602 valence electrons. The number of nitrogens with zero attached hydrogens (tertiary/aromatic N) is 8. The molecule has 0 spiro atoms. The van der Waals surface area contributed by atoms with Gasteiger partial charge < -0.3 is 88.2 Å². The van der Waals surface area contributed by atoms with E-state index in [1.54, 1.807) is 48.5 Å². The molecular weight excluding hydrogens is 1660 g/mol. The maximum absolute atomic E-state index is 12.3. The molecule has 8 rings (SSSR count). The number of unbranched alkanes of at least 4 members (excludes halogenated alkanes) is 2. The number of pyridine rings is 2. The third-order valence-electron chi connectivity index (χ3n) is 15.2. The number of hydrogen-bond acceptors (Lipinski definition) is 19. The van der Waals surface area contributed by atoms with Crippen LogP contribution in [0.3, 0.4) is 0 Å². The van der Waals surface area contributed by atoms with Gasteiger partial charge in [0.25, 0.3) is 29.6 Å². The van der Waals surface area contributed by atoms with Crippen LogP contribution in [0.5, 0.6) is 0 Å². The molecule has 4 amide bonds. The van der Waals surface area contributed by atoms with Gasteiger partial charge in [0.1, 0.15) is 23.7 Å². The number of carboxylic acid groups (broad SMARTS) is 5. The second kappa shape index (κ2) is 59.8. The molecule has 0 saturated carbocycles. The standard InChI is InChI=1S/2C20H22N5O4.2C13H13P.C6H11N2O4.C6H9NO6.2Tc/c2*1-29-20(28)16(24-19(27)15-10-11-17(25-21)23-13-15)9-5-6-12-22-18(26)14-7-3-2-4-8-14;2*1-14(12-8-4-2-5-9-12)13-10-6-3-7-11-13;9-5(10)3-7-1-2-8-4-6(11)12;8-4(9)1-7(2-5(10)11)3-6(12)13;;/h2*2-4,7-8,10-11,13,16H,5-6,9,12H2,1H3,(H,22,26)(H,24,27);2*2-11H,1H3;7H,1-4H2,(H,9,10)(H,11,12);1-3H2,(H,8,9)(H,10,11)(H,12,13);;/q2*-1;;;-1;;;/p+2. The van der Waals surface area contributed by atoms with Gasteiger partial charge in [0.05, 0.1) is 102 Å². The monoisotopic (exact) mass is 1750 g/mol. The zero-order chi connectivity index (χ0) is 81.6. The largest absolute Gasteiger partial charge is 0.705 e. The SMILES string of the molecule is COC(=O)C(CCCCNC(=O)c1ccccc1)NC(=O)c1ccc(N=[N-])nc1.COC(=O)C(CCCCNC(=O)c1ccccc1)NC(=O)c1ccc(N=[N-])nc1.C[PH+](c1ccccc1)c1ccccc1.C[PH+](c1ccccc1)c1ccccc1.O=C(O)CN(CC(=O)O)CC(=O)O.O=C(O)C[N-]CCNCC(=O)O.[Tc].[Tc]. The molecule has 35 heteroatoms. The van der Waals surface area contributed by atoms with Gasteiger partial charge in [-0.25, -0.2) is 19.6 Å². The Hall–Kier alpha value is -11.0. The maximum atomic E-state index is 12.3. The molecule has 2 atom stereocenters. The van der Waals surface area contributed by atoms with E-state index in [4.69, 9.17) is 46.1 Å². The van der Waals surface area contributed by atoms with Gasteiger partial charge in [0.15, 0.2) is 0 Å². The Morgan fingerprint density at radius 2 is 0.743 bits per heavy atom. The van der Waals surface area contributed by atoms with Crippen LogP contribution in [0.1, 0.15) is 80.0 Å². The number of amides is 4. The average Bonchev–Trinajstić information content (AvgIpc) is 0.883. The average molecular weight is 1760 g/mol. The van der Waals surface area contributed by atoms with Gasteiger partial charge in [0, 0.05) is 76.8 Å². The Morgan fingerprint density at radius 3 is 1.01 bits per heavy atom. The van der Waals surface area contributed by atoms with Crippen LogP contribution in [-0.2, 0) is 83.2 Å². The first-order valence-electron chi connectivity index (χ1n) is 34.5. The zero-order valence-corrected chi connectivity index (χ0v) is 68.1. The first kappa shape index (κ1) is 100. The summed E-state index contributed by atoms with van der Waals surface area (Å²) in [6, 6.07) is 64.8.